The zero-order valence-electron chi connectivity index (χ0n) is 15.1. The molecule has 5 heteroatoms. The van der Waals surface area contributed by atoms with Gasteiger partial charge in [-0.25, -0.2) is 4.79 Å². The molecule has 0 atom stereocenters. The van der Waals surface area contributed by atoms with Gasteiger partial charge in [-0.05, 0) is 51.5 Å². The van der Waals surface area contributed by atoms with Crippen molar-refractivity contribution in [3.05, 3.63) is 0 Å². The SMILES string of the molecule is CN(C)C(=O)N1CCC2(CC1)CN(C)C1(CC1)CN2CC1CC1. The number of urea groups is 1. The third-order valence-corrected chi connectivity index (χ3v) is 6.85. The van der Waals surface area contributed by atoms with Crippen molar-refractivity contribution in [2.75, 3.05) is 53.9 Å². The number of piperazine rings is 1. The van der Waals surface area contributed by atoms with Crippen LogP contribution in [-0.2, 0) is 0 Å². The van der Waals surface area contributed by atoms with E-state index in [0.717, 1.165) is 31.8 Å². The summed E-state index contributed by atoms with van der Waals surface area (Å²) in [5.41, 5.74) is 0.811. The van der Waals surface area contributed by atoms with E-state index in [4.69, 9.17) is 0 Å². The molecule has 4 rings (SSSR count). The van der Waals surface area contributed by atoms with Crippen LogP contribution < -0.4 is 0 Å². The Balaban J connectivity index is 1.47. The molecule has 0 aromatic rings. The summed E-state index contributed by atoms with van der Waals surface area (Å²) in [4.78, 5) is 21.5. The fraction of sp³-hybridized carbons (Fsp3) is 0.944. The fourth-order valence-electron chi connectivity index (χ4n) is 4.78. The van der Waals surface area contributed by atoms with E-state index in [0.29, 0.717) is 11.1 Å². The molecule has 4 fully saturated rings. The maximum Gasteiger partial charge on any atom is 0.319 e. The summed E-state index contributed by atoms with van der Waals surface area (Å²) in [5.74, 6) is 0.951. The maximum absolute atomic E-state index is 12.2. The van der Waals surface area contributed by atoms with Gasteiger partial charge in [0.1, 0.15) is 0 Å². The molecule has 0 aromatic carbocycles. The van der Waals surface area contributed by atoms with Gasteiger partial charge in [-0.1, -0.05) is 0 Å². The van der Waals surface area contributed by atoms with E-state index in [-0.39, 0.29) is 6.03 Å². The van der Waals surface area contributed by atoms with Crippen LogP contribution in [0, 0.1) is 5.92 Å². The van der Waals surface area contributed by atoms with Crippen LogP contribution in [0.15, 0.2) is 0 Å². The first-order valence-corrected chi connectivity index (χ1v) is 9.37. The van der Waals surface area contributed by atoms with Gasteiger partial charge >= 0.3 is 6.03 Å². The molecular weight excluding hydrogens is 288 g/mol. The molecule has 0 unspecified atom stereocenters. The van der Waals surface area contributed by atoms with Gasteiger partial charge in [0, 0.05) is 57.9 Å². The summed E-state index contributed by atoms with van der Waals surface area (Å²) in [6.07, 6.45) is 7.90. The van der Waals surface area contributed by atoms with Crippen molar-refractivity contribution in [1.82, 2.24) is 19.6 Å². The van der Waals surface area contributed by atoms with Gasteiger partial charge in [-0.2, -0.15) is 0 Å². The first-order chi connectivity index (χ1) is 10.9. The third-order valence-electron chi connectivity index (χ3n) is 6.85. The Kier molecular flexibility index (Phi) is 3.65. The van der Waals surface area contributed by atoms with E-state index in [1.807, 2.05) is 19.0 Å². The van der Waals surface area contributed by atoms with Gasteiger partial charge in [0.2, 0.25) is 0 Å². The van der Waals surface area contributed by atoms with E-state index in [1.165, 1.54) is 45.3 Å². The Labute approximate surface area is 140 Å². The van der Waals surface area contributed by atoms with Gasteiger partial charge < -0.3 is 9.80 Å². The predicted molar refractivity (Wildman–Crippen MR) is 91.5 cm³/mol. The molecule has 2 aliphatic heterocycles. The van der Waals surface area contributed by atoms with Crippen LogP contribution in [0.4, 0.5) is 4.79 Å². The van der Waals surface area contributed by atoms with Crippen LogP contribution in [0.2, 0.25) is 0 Å². The van der Waals surface area contributed by atoms with Crippen LogP contribution in [0.25, 0.3) is 0 Å². The monoisotopic (exact) mass is 320 g/mol. The summed E-state index contributed by atoms with van der Waals surface area (Å²) >= 11 is 0. The Hall–Kier alpha value is -0.810. The molecule has 0 aromatic heterocycles. The fourth-order valence-corrected chi connectivity index (χ4v) is 4.78. The standard InChI is InChI=1S/C18H32N4O/c1-19(2)16(23)21-10-8-18(9-11-21)13-20(3)17(6-7-17)14-22(18)12-15-4-5-15/h15H,4-14H2,1-3H3. The molecule has 2 saturated heterocycles. The zero-order chi connectivity index (χ0) is 16.2. The van der Waals surface area contributed by atoms with Gasteiger partial charge in [0.05, 0.1) is 0 Å². The lowest BCUT2D eigenvalue weighted by Gasteiger charge is -2.57. The highest BCUT2D eigenvalue weighted by Gasteiger charge is 2.57. The maximum atomic E-state index is 12.2. The van der Waals surface area contributed by atoms with Crippen LogP contribution >= 0.6 is 0 Å². The van der Waals surface area contributed by atoms with Crippen molar-refractivity contribution >= 4 is 6.03 Å². The molecule has 23 heavy (non-hydrogen) atoms. The third kappa shape index (κ3) is 2.76. The summed E-state index contributed by atoms with van der Waals surface area (Å²) in [5, 5.41) is 0. The molecule has 2 saturated carbocycles. The predicted octanol–water partition coefficient (Wildman–Crippen LogP) is 1.69. The number of hydrogen-bond donors (Lipinski definition) is 0. The van der Waals surface area contributed by atoms with Crippen molar-refractivity contribution in [3.63, 3.8) is 0 Å². The van der Waals surface area contributed by atoms with Gasteiger partial charge in [0.15, 0.2) is 0 Å². The highest BCUT2D eigenvalue weighted by molar-refractivity contribution is 5.73. The molecule has 130 valence electrons. The minimum Gasteiger partial charge on any atom is -0.331 e. The van der Waals surface area contributed by atoms with Crippen LogP contribution in [0.5, 0.6) is 0 Å². The van der Waals surface area contributed by atoms with Crippen LogP contribution in [0.1, 0.15) is 38.5 Å². The normalized spacial score (nSPS) is 30.0. The number of likely N-dealkylation sites (N-methyl/N-ethyl adjacent to an activating group) is 1. The number of amides is 2. The summed E-state index contributed by atoms with van der Waals surface area (Å²) in [6.45, 7) is 5.60. The highest BCUT2D eigenvalue weighted by Crippen LogP contribution is 2.49. The van der Waals surface area contributed by atoms with E-state index >= 15 is 0 Å². The average molecular weight is 320 g/mol. The van der Waals surface area contributed by atoms with Gasteiger partial charge in [0.25, 0.3) is 0 Å². The lowest BCUT2D eigenvalue weighted by atomic mass is 9.81. The second-order valence-electron chi connectivity index (χ2n) is 8.79. The number of nitrogens with zero attached hydrogens (tertiary/aromatic N) is 4. The summed E-state index contributed by atoms with van der Waals surface area (Å²) < 4.78 is 0. The summed E-state index contributed by atoms with van der Waals surface area (Å²) in [7, 11) is 6.05. The lowest BCUT2D eigenvalue weighted by Crippen LogP contribution is -2.69. The summed E-state index contributed by atoms with van der Waals surface area (Å²) in [6, 6.07) is 0.177. The first-order valence-electron chi connectivity index (χ1n) is 9.37. The lowest BCUT2D eigenvalue weighted by molar-refractivity contribution is -0.0648. The Morgan fingerprint density at radius 1 is 1.04 bits per heavy atom. The number of hydrogen-bond acceptors (Lipinski definition) is 3. The van der Waals surface area contributed by atoms with Crippen LogP contribution in [0.3, 0.4) is 0 Å². The number of carbonyl (C=O) groups is 1. The molecule has 2 amide bonds. The smallest absolute Gasteiger partial charge is 0.319 e. The zero-order valence-corrected chi connectivity index (χ0v) is 15.1. The van der Waals surface area contributed by atoms with E-state index in [2.05, 4.69) is 16.8 Å². The number of rotatable bonds is 2. The molecule has 0 N–H and O–H groups in total. The average Bonchev–Trinajstić information content (AvgIpc) is 3.42. The molecular formula is C18H32N4O. The molecule has 5 nitrogen and oxygen atoms in total. The number of piperidine rings is 1. The quantitative estimate of drug-likeness (QED) is 0.776. The molecule has 2 spiro atoms. The topological polar surface area (TPSA) is 30.0 Å². The molecule has 4 aliphatic rings. The van der Waals surface area contributed by atoms with Crippen LogP contribution in [-0.4, -0.2) is 90.6 Å². The van der Waals surface area contributed by atoms with Crippen molar-refractivity contribution in [1.29, 1.82) is 0 Å². The first kappa shape index (κ1) is 15.7. The Morgan fingerprint density at radius 2 is 1.70 bits per heavy atom. The van der Waals surface area contributed by atoms with Crippen molar-refractivity contribution in [2.24, 2.45) is 5.92 Å². The number of carbonyl (C=O) groups excluding carboxylic acids is 1. The van der Waals surface area contributed by atoms with E-state index in [9.17, 15) is 4.79 Å². The molecule has 0 radical (unpaired) electrons. The second kappa shape index (κ2) is 5.35. The Bertz CT molecular complexity index is 475. The minimum atomic E-state index is 0.177. The van der Waals surface area contributed by atoms with Crippen molar-refractivity contribution < 1.29 is 4.79 Å². The van der Waals surface area contributed by atoms with Gasteiger partial charge in [-0.15, -0.1) is 0 Å². The Morgan fingerprint density at radius 3 is 2.22 bits per heavy atom. The second-order valence-corrected chi connectivity index (χ2v) is 8.79. The van der Waals surface area contributed by atoms with Gasteiger partial charge in [-0.3, -0.25) is 9.80 Å². The van der Waals surface area contributed by atoms with Crippen molar-refractivity contribution in [2.45, 2.75) is 49.6 Å². The largest absolute Gasteiger partial charge is 0.331 e. The van der Waals surface area contributed by atoms with E-state index in [1.54, 1.807) is 4.90 Å². The molecule has 0 bridgehead atoms. The highest BCUT2D eigenvalue weighted by atomic mass is 16.2. The minimum absolute atomic E-state index is 0.177. The number of likely N-dealkylation sites (tertiary alicyclic amines) is 1. The molecule has 2 aliphatic carbocycles. The van der Waals surface area contributed by atoms with E-state index < -0.39 is 0 Å². The van der Waals surface area contributed by atoms with Crippen molar-refractivity contribution in [3.8, 4) is 0 Å². The molecule has 2 heterocycles.